The van der Waals surface area contributed by atoms with Crippen LogP contribution in [0.4, 0.5) is 5.69 Å². The van der Waals surface area contributed by atoms with E-state index >= 15 is 0 Å². The molecule has 0 atom stereocenters. The predicted octanol–water partition coefficient (Wildman–Crippen LogP) is 3.34. The van der Waals surface area contributed by atoms with Gasteiger partial charge >= 0.3 is 0 Å². The molecule has 0 saturated carbocycles. The second kappa shape index (κ2) is 5.85. The lowest BCUT2D eigenvalue weighted by Crippen LogP contribution is -2.21. The third-order valence-corrected chi connectivity index (χ3v) is 3.61. The molecule has 1 aromatic carbocycles. The van der Waals surface area contributed by atoms with Crippen LogP contribution in [0.2, 0.25) is 0 Å². The van der Waals surface area contributed by atoms with E-state index in [4.69, 9.17) is 9.47 Å². The first-order chi connectivity index (χ1) is 8.26. The van der Waals surface area contributed by atoms with Crippen molar-refractivity contribution >= 4 is 21.6 Å². The zero-order chi connectivity index (χ0) is 12.3. The molecule has 1 aliphatic heterocycles. The Morgan fingerprint density at radius 3 is 2.41 bits per heavy atom. The molecule has 0 amide bonds. The van der Waals surface area contributed by atoms with Crippen LogP contribution in [-0.2, 0) is 9.47 Å². The summed E-state index contributed by atoms with van der Waals surface area (Å²) in [5, 5.41) is 0. The van der Waals surface area contributed by atoms with Gasteiger partial charge in [-0.15, -0.1) is 0 Å². The van der Waals surface area contributed by atoms with E-state index in [0.717, 1.165) is 23.1 Å². The summed E-state index contributed by atoms with van der Waals surface area (Å²) in [6, 6.07) is 6.28. The fourth-order valence-electron chi connectivity index (χ4n) is 2.31. The van der Waals surface area contributed by atoms with Crippen molar-refractivity contribution in [2.45, 2.75) is 19.1 Å². The molecular formula is C13H18BrNO2. The average molecular weight is 300 g/mol. The van der Waals surface area contributed by atoms with Crippen LogP contribution in [0.15, 0.2) is 22.7 Å². The number of hydrogen-bond donors (Lipinski definition) is 0. The van der Waals surface area contributed by atoms with Crippen LogP contribution in [0, 0.1) is 0 Å². The summed E-state index contributed by atoms with van der Waals surface area (Å²) in [6.45, 7) is 2.24. The molecule has 0 unspecified atom stereocenters. The first kappa shape index (κ1) is 12.9. The first-order valence-electron chi connectivity index (χ1n) is 5.86. The summed E-state index contributed by atoms with van der Waals surface area (Å²) in [6.07, 6.45) is 2.23. The van der Waals surface area contributed by atoms with Gasteiger partial charge in [-0.25, -0.2) is 0 Å². The Bertz CT molecular complexity index is 374. The molecule has 0 spiro atoms. The zero-order valence-corrected chi connectivity index (χ0v) is 11.9. The normalized spacial score (nSPS) is 15.9. The summed E-state index contributed by atoms with van der Waals surface area (Å²) in [4.78, 5) is 2.40. The molecule has 0 aromatic heterocycles. The smallest absolute Gasteiger partial charge is 0.185 e. The molecular weight excluding hydrogens is 282 g/mol. The van der Waals surface area contributed by atoms with E-state index in [-0.39, 0.29) is 6.29 Å². The maximum absolute atomic E-state index is 5.37. The highest BCUT2D eigenvalue weighted by Crippen LogP contribution is 2.33. The van der Waals surface area contributed by atoms with Crippen LogP contribution in [0.3, 0.4) is 0 Å². The van der Waals surface area contributed by atoms with Gasteiger partial charge in [-0.2, -0.15) is 0 Å². The number of methoxy groups -OCH3 is 2. The molecule has 1 saturated heterocycles. The summed E-state index contributed by atoms with van der Waals surface area (Å²) >= 11 is 3.50. The van der Waals surface area contributed by atoms with E-state index in [1.807, 2.05) is 0 Å². The second-order valence-corrected chi connectivity index (χ2v) is 5.12. The maximum Gasteiger partial charge on any atom is 0.185 e. The van der Waals surface area contributed by atoms with Crippen molar-refractivity contribution in [3.8, 4) is 0 Å². The summed E-state index contributed by atoms with van der Waals surface area (Å²) in [5.41, 5.74) is 2.31. The molecule has 1 fully saturated rings. The van der Waals surface area contributed by atoms with E-state index < -0.39 is 0 Å². The molecule has 94 valence electrons. The third-order valence-electron chi connectivity index (χ3n) is 3.12. The standard InChI is InChI=1S/C13H18BrNO2/c1-16-13(17-2)11-9-10(14)5-6-12(11)15-7-3-4-8-15/h5-6,9,13H,3-4,7-8H2,1-2H3. The molecule has 0 radical (unpaired) electrons. The van der Waals surface area contributed by atoms with Gasteiger partial charge in [-0.1, -0.05) is 15.9 Å². The molecule has 4 heteroatoms. The van der Waals surface area contributed by atoms with Crippen LogP contribution in [0.5, 0.6) is 0 Å². The van der Waals surface area contributed by atoms with E-state index in [1.165, 1.54) is 18.5 Å². The van der Waals surface area contributed by atoms with Crippen molar-refractivity contribution in [3.63, 3.8) is 0 Å². The lowest BCUT2D eigenvalue weighted by Gasteiger charge is -2.25. The van der Waals surface area contributed by atoms with Crippen molar-refractivity contribution in [2.24, 2.45) is 0 Å². The molecule has 1 aromatic rings. The summed E-state index contributed by atoms with van der Waals surface area (Å²) < 4.78 is 11.8. The topological polar surface area (TPSA) is 21.7 Å². The molecule has 3 nitrogen and oxygen atoms in total. The molecule has 0 N–H and O–H groups in total. The van der Waals surface area contributed by atoms with Crippen LogP contribution in [-0.4, -0.2) is 27.3 Å². The van der Waals surface area contributed by atoms with E-state index in [9.17, 15) is 0 Å². The lowest BCUT2D eigenvalue weighted by molar-refractivity contribution is -0.105. The Morgan fingerprint density at radius 1 is 1.18 bits per heavy atom. The predicted molar refractivity (Wildman–Crippen MR) is 72.3 cm³/mol. The van der Waals surface area contributed by atoms with Gasteiger partial charge in [0.15, 0.2) is 6.29 Å². The Balaban J connectivity index is 2.35. The monoisotopic (exact) mass is 299 g/mol. The Hall–Kier alpha value is -0.580. The SMILES string of the molecule is COC(OC)c1cc(Br)ccc1N1CCCC1. The van der Waals surface area contributed by atoms with Gasteiger partial charge in [0.2, 0.25) is 0 Å². The number of benzene rings is 1. The lowest BCUT2D eigenvalue weighted by atomic mass is 10.1. The maximum atomic E-state index is 5.37. The first-order valence-corrected chi connectivity index (χ1v) is 6.65. The molecule has 2 rings (SSSR count). The number of halogens is 1. The van der Waals surface area contributed by atoms with Gasteiger partial charge in [-0.05, 0) is 31.0 Å². The van der Waals surface area contributed by atoms with Gasteiger partial charge in [0.05, 0.1) is 0 Å². The number of ether oxygens (including phenoxy) is 2. The van der Waals surface area contributed by atoms with Gasteiger partial charge in [0, 0.05) is 43.0 Å². The van der Waals surface area contributed by atoms with Crippen molar-refractivity contribution in [1.82, 2.24) is 0 Å². The highest BCUT2D eigenvalue weighted by atomic mass is 79.9. The van der Waals surface area contributed by atoms with Crippen LogP contribution in [0.1, 0.15) is 24.7 Å². The van der Waals surface area contributed by atoms with E-state index in [0.29, 0.717) is 0 Å². The Morgan fingerprint density at radius 2 is 1.82 bits per heavy atom. The molecule has 17 heavy (non-hydrogen) atoms. The van der Waals surface area contributed by atoms with Gasteiger partial charge in [0.25, 0.3) is 0 Å². The Labute approximate surface area is 111 Å². The minimum atomic E-state index is -0.303. The minimum absolute atomic E-state index is 0.303. The van der Waals surface area contributed by atoms with Gasteiger partial charge < -0.3 is 14.4 Å². The van der Waals surface area contributed by atoms with E-state index in [1.54, 1.807) is 14.2 Å². The van der Waals surface area contributed by atoms with Crippen molar-refractivity contribution < 1.29 is 9.47 Å². The second-order valence-electron chi connectivity index (χ2n) is 4.20. The summed E-state index contributed by atoms with van der Waals surface area (Å²) in [7, 11) is 3.34. The van der Waals surface area contributed by atoms with Crippen LogP contribution >= 0.6 is 15.9 Å². The largest absolute Gasteiger partial charge is 0.371 e. The molecule has 0 aliphatic carbocycles. The fourth-order valence-corrected chi connectivity index (χ4v) is 2.69. The highest BCUT2D eigenvalue weighted by Gasteiger charge is 2.20. The molecule has 1 heterocycles. The van der Waals surface area contributed by atoms with Crippen molar-refractivity contribution in [1.29, 1.82) is 0 Å². The molecule has 0 bridgehead atoms. The van der Waals surface area contributed by atoms with Gasteiger partial charge in [0.1, 0.15) is 0 Å². The number of nitrogens with zero attached hydrogens (tertiary/aromatic N) is 1. The van der Waals surface area contributed by atoms with Gasteiger partial charge in [-0.3, -0.25) is 0 Å². The number of anilines is 1. The van der Waals surface area contributed by atoms with Crippen LogP contribution < -0.4 is 4.90 Å². The highest BCUT2D eigenvalue weighted by molar-refractivity contribution is 9.10. The quantitative estimate of drug-likeness (QED) is 0.796. The van der Waals surface area contributed by atoms with Crippen molar-refractivity contribution in [3.05, 3.63) is 28.2 Å². The van der Waals surface area contributed by atoms with Crippen LogP contribution in [0.25, 0.3) is 0 Å². The fraction of sp³-hybridized carbons (Fsp3) is 0.538. The third kappa shape index (κ3) is 2.81. The number of hydrogen-bond acceptors (Lipinski definition) is 3. The minimum Gasteiger partial charge on any atom is -0.371 e. The Kier molecular flexibility index (Phi) is 4.42. The summed E-state index contributed by atoms with van der Waals surface area (Å²) in [5.74, 6) is 0. The number of rotatable bonds is 4. The zero-order valence-electron chi connectivity index (χ0n) is 10.3. The van der Waals surface area contributed by atoms with E-state index in [2.05, 4.69) is 39.0 Å². The van der Waals surface area contributed by atoms with Crippen molar-refractivity contribution in [2.75, 3.05) is 32.2 Å². The average Bonchev–Trinajstić information content (AvgIpc) is 2.84. The molecule has 1 aliphatic rings.